The maximum Gasteiger partial charge on any atom is 0.419 e. The van der Waals surface area contributed by atoms with Gasteiger partial charge in [-0.1, -0.05) is 17.7 Å². The van der Waals surface area contributed by atoms with Crippen LogP contribution in [0.4, 0.5) is 23.4 Å². The van der Waals surface area contributed by atoms with Crippen LogP contribution in [-0.4, -0.2) is 30.3 Å². The maximum absolute atomic E-state index is 14.0. The van der Waals surface area contributed by atoms with Gasteiger partial charge in [0.15, 0.2) is 0 Å². The number of benzene rings is 1. The molecule has 144 valence electrons. The lowest BCUT2D eigenvalue weighted by molar-refractivity contribution is -0.140. The molecule has 2 N–H and O–H groups in total. The van der Waals surface area contributed by atoms with Gasteiger partial charge in [-0.15, -0.1) is 0 Å². The van der Waals surface area contributed by atoms with Gasteiger partial charge in [-0.25, -0.2) is 4.39 Å². The standard InChI is InChI=1S/C16H14ClF4N5O/c1-15(2,27)13(8-3-4-9(10(18)5-8)16(19,20)21)25-12-6-11(17)24-14-22-7-23-26(12)14/h3-7,13,25,27H,1-2H3/t13-/m0/s1. The van der Waals surface area contributed by atoms with E-state index in [2.05, 4.69) is 20.4 Å². The van der Waals surface area contributed by atoms with E-state index < -0.39 is 29.2 Å². The van der Waals surface area contributed by atoms with Gasteiger partial charge in [0.2, 0.25) is 0 Å². The third kappa shape index (κ3) is 3.96. The fourth-order valence-corrected chi connectivity index (χ4v) is 2.82. The Labute approximate surface area is 155 Å². The molecule has 0 radical (unpaired) electrons. The number of aromatic nitrogens is 4. The van der Waals surface area contributed by atoms with E-state index in [-0.39, 0.29) is 22.3 Å². The minimum Gasteiger partial charge on any atom is -0.388 e. The third-order valence-corrected chi connectivity index (χ3v) is 4.04. The van der Waals surface area contributed by atoms with Crippen LogP contribution in [-0.2, 0) is 6.18 Å². The van der Waals surface area contributed by atoms with Crippen LogP contribution in [0.5, 0.6) is 0 Å². The predicted octanol–water partition coefficient (Wildman–Crippen LogP) is 3.86. The molecule has 0 amide bonds. The molecule has 0 unspecified atom stereocenters. The Morgan fingerprint density at radius 2 is 1.93 bits per heavy atom. The van der Waals surface area contributed by atoms with Gasteiger partial charge in [0.25, 0.3) is 5.78 Å². The van der Waals surface area contributed by atoms with Crippen LogP contribution in [0.15, 0.2) is 30.6 Å². The zero-order chi connectivity index (χ0) is 20.0. The first kappa shape index (κ1) is 19.3. The number of nitrogens with zero attached hydrogens (tertiary/aromatic N) is 4. The summed E-state index contributed by atoms with van der Waals surface area (Å²) in [5.41, 5.74) is -2.75. The first-order valence-electron chi connectivity index (χ1n) is 7.68. The molecule has 0 saturated carbocycles. The number of anilines is 1. The molecule has 2 aromatic heterocycles. The number of nitrogens with one attached hydrogen (secondary N) is 1. The summed E-state index contributed by atoms with van der Waals surface area (Å²) < 4.78 is 53.7. The lowest BCUT2D eigenvalue weighted by Crippen LogP contribution is -2.35. The molecule has 1 aromatic carbocycles. The average Bonchev–Trinajstić information content (AvgIpc) is 2.98. The van der Waals surface area contributed by atoms with Gasteiger partial charge in [0, 0.05) is 6.07 Å². The third-order valence-electron chi connectivity index (χ3n) is 3.85. The number of halogens is 5. The van der Waals surface area contributed by atoms with E-state index in [0.29, 0.717) is 6.07 Å². The van der Waals surface area contributed by atoms with Crippen LogP contribution in [0.25, 0.3) is 5.78 Å². The number of fused-ring (bicyclic) bond motifs is 1. The van der Waals surface area contributed by atoms with Crippen molar-refractivity contribution in [3.63, 3.8) is 0 Å². The van der Waals surface area contributed by atoms with Crippen LogP contribution >= 0.6 is 11.6 Å². The summed E-state index contributed by atoms with van der Waals surface area (Å²) in [5.74, 6) is -0.984. The van der Waals surface area contributed by atoms with Gasteiger partial charge in [0.1, 0.15) is 23.1 Å². The highest BCUT2D eigenvalue weighted by Crippen LogP contribution is 2.35. The number of aliphatic hydroxyl groups is 1. The van der Waals surface area contributed by atoms with Gasteiger partial charge < -0.3 is 10.4 Å². The van der Waals surface area contributed by atoms with Crippen molar-refractivity contribution in [2.24, 2.45) is 0 Å². The summed E-state index contributed by atoms with van der Waals surface area (Å²) in [6.45, 7) is 2.86. The molecule has 0 saturated heterocycles. The van der Waals surface area contributed by atoms with Crippen LogP contribution < -0.4 is 5.32 Å². The van der Waals surface area contributed by atoms with Gasteiger partial charge in [-0.3, -0.25) is 0 Å². The molecule has 6 nitrogen and oxygen atoms in total. The second kappa shape index (κ2) is 6.61. The van der Waals surface area contributed by atoms with Gasteiger partial charge in [0.05, 0.1) is 17.2 Å². The van der Waals surface area contributed by atoms with Crippen LogP contribution in [0.2, 0.25) is 5.15 Å². The zero-order valence-electron chi connectivity index (χ0n) is 14.1. The lowest BCUT2D eigenvalue weighted by Gasteiger charge is -2.31. The summed E-state index contributed by atoms with van der Waals surface area (Å²) >= 11 is 5.94. The maximum atomic E-state index is 14.0. The molecule has 0 aliphatic heterocycles. The minimum atomic E-state index is -4.81. The molecule has 2 heterocycles. The topological polar surface area (TPSA) is 75.3 Å². The summed E-state index contributed by atoms with van der Waals surface area (Å²) in [4.78, 5) is 7.86. The van der Waals surface area contributed by atoms with Crippen molar-refractivity contribution in [1.29, 1.82) is 0 Å². The molecule has 0 aliphatic carbocycles. The smallest absolute Gasteiger partial charge is 0.388 e. The van der Waals surface area contributed by atoms with E-state index in [1.54, 1.807) is 0 Å². The SMILES string of the molecule is CC(C)(O)[C@@H](Nc1cc(Cl)nc2ncnn12)c1ccc(C(F)(F)F)c(F)c1. The van der Waals surface area contributed by atoms with E-state index in [0.717, 1.165) is 12.1 Å². The molecule has 1 atom stereocenters. The van der Waals surface area contributed by atoms with Crippen molar-refractivity contribution < 1.29 is 22.7 Å². The highest BCUT2D eigenvalue weighted by molar-refractivity contribution is 6.29. The Balaban J connectivity index is 2.05. The Morgan fingerprint density at radius 3 is 2.52 bits per heavy atom. The van der Waals surface area contributed by atoms with Crippen LogP contribution in [0, 0.1) is 5.82 Å². The molecule has 3 aromatic rings. The Bertz CT molecular complexity index is 983. The van der Waals surface area contributed by atoms with Gasteiger partial charge in [-0.05, 0) is 31.5 Å². The lowest BCUT2D eigenvalue weighted by atomic mass is 9.91. The molecule has 27 heavy (non-hydrogen) atoms. The Morgan fingerprint density at radius 1 is 1.22 bits per heavy atom. The van der Waals surface area contributed by atoms with E-state index in [9.17, 15) is 22.7 Å². The average molecular weight is 404 g/mol. The fraction of sp³-hybridized carbons (Fsp3) is 0.312. The van der Waals surface area contributed by atoms with Crippen molar-refractivity contribution in [2.75, 3.05) is 5.32 Å². The minimum absolute atomic E-state index is 0.0890. The van der Waals surface area contributed by atoms with E-state index in [1.165, 1.54) is 30.8 Å². The summed E-state index contributed by atoms with van der Waals surface area (Å²) in [6, 6.07) is 2.89. The van der Waals surface area contributed by atoms with Crippen molar-refractivity contribution >= 4 is 23.2 Å². The predicted molar refractivity (Wildman–Crippen MR) is 89.9 cm³/mol. The van der Waals surface area contributed by atoms with E-state index in [1.807, 2.05) is 0 Å². The largest absolute Gasteiger partial charge is 0.419 e. The van der Waals surface area contributed by atoms with Gasteiger partial charge in [-0.2, -0.15) is 32.8 Å². The Kier molecular flexibility index (Phi) is 4.73. The number of rotatable bonds is 4. The molecule has 11 heteroatoms. The molecular weight excluding hydrogens is 390 g/mol. The monoisotopic (exact) mass is 403 g/mol. The van der Waals surface area contributed by atoms with Crippen molar-refractivity contribution in [3.05, 3.63) is 52.7 Å². The number of hydrogen-bond acceptors (Lipinski definition) is 5. The van der Waals surface area contributed by atoms with Crippen molar-refractivity contribution in [1.82, 2.24) is 19.6 Å². The summed E-state index contributed by atoms with van der Waals surface area (Å²) in [7, 11) is 0. The van der Waals surface area contributed by atoms with Gasteiger partial charge >= 0.3 is 6.18 Å². The highest BCUT2D eigenvalue weighted by atomic mass is 35.5. The second-order valence-corrected chi connectivity index (χ2v) is 6.79. The first-order valence-corrected chi connectivity index (χ1v) is 8.06. The molecular formula is C16H14ClF4N5O. The summed E-state index contributed by atoms with van der Waals surface area (Å²) in [6.07, 6.45) is -3.58. The summed E-state index contributed by atoms with van der Waals surface area (Å²) in [5, 5.41) is 17.5. The molecule has 3 rings (SSSR count). The molecule has 0 aliphatic rings. The van der Waals surface area contributed by atoms with E-state index >= 15 is 0 Å². The van der Waals surface area contributed by atoms with Crippen molar-refractivity contribution in [3.8, 4) is 0 Å². The second-order valence-electron chi connectivity index (χ2n) is 6.40. The molecule has 0 bridgehead atoms. The normalized spacial score (nSPS) is 13.8. The van der Waals surface area contributed by atoms with E-state index in [4.69, 9.17) is 11.6 Å². The zero-order valence-corrected chi connectivity index (χ0v) is 14.8. The molecule has 0 spiro atoms. The quantitative estimate of drug-likeness (QED) is 0.511. The van der Waals surface area contributed by atoms with Crippen molar-refractivity contribution in [2.45, 2.75) is 31.7 Å². The first-order chi connectivity index (χ1) is 12.5. The number of alkyl halides is 3. The van der Waals surface area contributed by atoms with Crippen LogP contribution in [0.1, 0.15) is 31.0 Å². The molecule has 0 fully saturated rings. The fourth-order valence-electron chi connectivity index (χ4n) is 2.64. The van der Waals surface area contributed by atoms with Crippen LogP contribution in [0.3, 0.4) is 0 Å². The highest BCUT2D eigenvalue weighted by Gasteiger charge is 2.36. The number of hydrogen-bond donors (Lipinski definition) is 2. The Hall–Kier alpha value is -2.46.